The Kier molecular flexibility index (Phi) is 18.4. The molecular weight excluding hydrogens is 951 g/mol. The highest BCUT2D eigenvalue weighted by atomic mass is 19.1. The summed E-state index contributed by atoms with van der Waals surface area (Å²) in [4.78, 5) is 67.5. The number of fused-ring (bicyclic) bond motifs is 2. The molecule has 8 rings (SSSR count). The molecule has 4 aromatic carbocycles. The number of ether oxygens (including phenoxy) is 1. The standard InChI is InChI=1S/C26H30FN5O2.C17H19FN4O3.C12H17NO2/c1-26(2)23-21(24(30-29-23)28-25(34)18-10-12-20(27)13-11-18)16-32(26)22(33)14-19(15-31(3)4)17-8-6-5-7-9-17;1-4-25-16(24)22-14(12-9-19-17(2,3)13(12)21-22)20-15(23)10-5-7-11(18)8-6-10;1-13(2)9-11(8-12(14)15)10-6-4-3-5-7-10/h5-13,19H,14-16H2,1-4H3,(H2,28,29,30,34);5-8,19H,4,9H2,1-3H3,(H,20,23);3-7,11H,8-9H2,1-2H3,(H,14,15). The molecule has 0 spiro atoms. The number of rotatable bonds is 15. The number of amides is 3. The van der Waals surface area contributed by atoms with Gasteiger partial charge in [0.15, 0.2) is 5.82 Å². The first kappa shape index (κ1) is 55.7. The van der Waals surface area contributed by atoms with E-state index in [1.165, 1.54) is 48.5 Å². The number of halogens is 2. The third-order valence-electron chi connectivity index (χ3n) is 12.7. The van der Waals surface area contributed by atoms with Crippen LogP contribution in [0.3, 0.4) is 0 Å². The summed E-state index contributed by atoms with van der Waals surface area (Å²) in [5.74, 6) is -1.60. The lowest BCUT2D eigenvalue weighted by Crippen LogP contribution is -2.41. The Labute approximate surface area is 430 Å². The van der Waals surface area contributed by atoms with Gasteiger partial charge in [-0.25, -0.2) is 13.6 Å². The number of aromatic nitrogens is 4. The Morgan fingerprint density at radius 1 is 0.730 bits per heavy atom. The number of likely N-dealkylation sites (N-methyl/N-ethyl adjacent to an activating group) is 2. The Balaban J connectivity index is 0.000000195. The van der Waals surface area contributed by atoms with Crippen molar-refractivity contribution in [1.82, 2.24) is 40.0 Å². The third-order valence-corrected chi connectivity index (χ3v) is 12.7. The van der Waals surface area contributed by atoms with E-state index in [1.807, 2.05) is 114 Å². The molecule has 19 heteroatoms. The van der Waals surface area contributed by atoms with Crippen LogP contribution in [0, 0.1) is 11.6 Å². The number of benzene rings is 4. The van der Waals surface area contributed by atoms with E-state index >= 15 is 0 Å². The highest BCUT2D eigenvalue weighted by Crippen LogP contribution is 2.42. The van der Waals surface area contributed by atoms with Gasteiger partial charge in [0.25, 0.3) is 11.8 Å². The zero-order chi connectivity index (χ0) is 53.9. The second-order valence-corrected chi connectivity index (χ2v) is 19.7. The minimum absolute atomic E-state index is 0.0427. The maximum Gasteiger partial charge on any atom is 0.436 e. The van der Waals surface area contributed by atoms with Gasteiger partial charge in [-0.05, 0) is 122 Å². The van der Waals surface area contributed by atoms with Crippen molar-refractivity contribution in [1.29, 1.82) is 0 Å². The molecule has 4 heterocycles. The number of hydrogen-bond acceptors (Lipinski definition) is 11. The van der Waals surface area contributed by atoms with Gasteiger partial charge in [0, 0.05) is 60.1 Å². The summed E-state index contributed by atoms with van der Waals surface area (Å²) in [6, 6.07) is 30.4. The van der Waals surface area contributed by atoms with E-state index in [0.717, 1.165) is 45.7 Å². The van der Waals surface area contributed by atoms with Crippen molar-refractivity contribution >= 4 is 41.4 Å². The first-order chi connectivity index (χ1) is 35.1. The molecule has 392 valence electrons. The molecule has 17 nitrogen and oxygen atoms in total. The van der Waals surface area contributed by atoms with Gasteiger partial charge in [0.2, 0.25) is 5.91 Å². The van der Waals surface area contributed by atoms with Crippen molar-refractivity contribution in [2.75, 3.05) is 58.5 Å². The molecule has 2 unspecified atom stereocenters. The first-order valence-corrected chi connectivity index (χ1v) is 24.3. The summed E-state index contributed by atoms with van der Waals surface area (Å²) in [7, 11) is 7.93. The molecule has 0 fully saturated rings. The van der Waals surface area contributed by atoms with E-state index < -0.39 is 40.7 Å². The number of aromatic amines is 1. The van der Waals surface area contributed by atoms with E-state index in [9.17, 15) is 32.8 Å². The Morgan fingerprint density at radius 2 is 1.23 bits per heavy atom. The van der Waals surface area contributed by atoms with Crippen LogP contribution in [0.2, 0.25) is 0 Å². The number of aliphatic carboxylic acids is 1. The summed E-state index contributed by atoms with van der Waals surface area (Å²) < 4.78 is 32.3. The van der Waals surface area contributed by atoms with Gasteiger partial charge >= 0.3 is 12.1 Å². The van der Waals surface area contributed by atoms with E-state index in [2.05, 4.69) is 48.3 Å². The topological polar surface area (TPSA) is 207 Å². The average Bonchev–Trinajstić information content (AvgIpc) is 4.09. The molecule has 3 amide bonds. The predicted molar refractivity (Wildman–Crippen MR) is 278 cm³/mol. The normalized spacial score (nSPS) is 14.6. The molecule has 2 atom stereocenters. The Bertz CT molecular complexity index is 2890. The lowest BCUT2D eigenvalue weighted by atomic mass is 9.93. The molecular formula is C55H66F2N10O7. The SMILES string of the molecule is CCOC(=O)n1nc2c(c1NC(=O)c1ccc(F)cc1)CNC2(C)C.CN(C)CC(CC(=O)N1Cc2c(NC(=O)c3ccc(F)cc3)n[nH]c2C1(C)C)c1ccccc1.CN(C)CC(CC(=O)O)c1ccccc1. The smallest absolute Gasteiger partial charge is 0.436 e. The van der Waals surface area contributed by atoms with Gasteiger partial charge in [-0.3, -0.25) is 24.3 Å². The van der Waals surface area contributed by atoms with Crippen molar-refractivity contribution in [3.05, 3.63) is 166 Å². The first-order valence-electron chi connectivity index (χ1n) is 24.3. The number of hydrogen-bond donors (Lipinski definition) is 5. The summed E-state index contributed by atoms with van der Waals surface area (Å²) in [6.45, 7) is 12.0. The minimum Gasteiger partial charge on any atom is -0.481 e. The van der Waals surface area contributed by atoms with Gasteiger partial charge in [-0.1, -0.05) is 60.7 Å². The van der Waals surface area contributed by atoms with Crippen molar-refractivity contribution in [3.63, 3.8) is 0 Å². The fraction of sp³-hybridized carbons (Fsp3) is 0.364. The number of anilines is 2. The number of carboxylic acids is 1. The van der Waals surface area contributed by atoms with E-state index in [-0.39, 0.29) is 48.1 Å². The fourth-order valence-corrected chi connectivity index (χ4v) is 8.98. The second-order valence-electron chi connectivity index (χ2n) is 19.7. The number of nitrogens with zero attached hydrogens (tertiary/aromatic N) is 6. The molecule has 2 aromatic heterocycles. The number of carbonyl (C=O) groups excluding carboxylic acids is 4. The van der Waals surface area contributed by atoms with Gasteiger partial charge in [0.05, 0.1) is 42.0 Å². The van der Waals surface area contributed by atoms with E-state index in [1.54, 1.807) is 6.92 Å². The Morgan fingerprint density at radius 3 is 1.72 bits per heavy atom. The van der Waals surface area contributed by atoms with Crippen LogP contribution in [0.25, 0.3) is 0 Å². The second kappa shape index (κ2) is 24.4. The largest absolute Gasteiger partial charge is 0.481 e. The number of carboxylic acid groups (broad SMARTS) is 1. The minimum atomic E-state index is -0.745. The fourth-order valence-electron chi connectivity index (χ4n) is 8.98. The van der Waals surface area contributed by atoms with Crippen LogP contribution in [0.15, 0.2) is 109 Å². The van der Waals surface area contributed by atoms with Crippen LogP contribution >= 0.6 is 0 Å². The molecule has 6 aromatic rings. The Hall–Kier alpha value is -7.61. The summed E-state index contributed by atoms with van der Waals surface area (Å²) in [5.41, 5.74) is 4.80. The lowest BCUT2D eigenvalue weighted by molar-refractivity contribution is -0.138. The monoisotopic (exact) mass is 1020 g/mol. The lowest BCUT2D eigenvalue weighted by Gasteiger charge is -2.33. The van der Waals surface area contributed by atoms with Crippen molar-refractivity contribution < 1.29 is 42.6 Å². The van der Waals surface area contributed by atoms with Crippen LogP contribution < -0.4 is 16.0 Å². The van der Waals surface area contributed by atoms with Crippen molar-refractivity contribution in [2.24, 2.45) is 0 Å². The highest BCUT2D eigenvalue weighted by molar-refractivity contribution is 6.05. The molecule has 2 aliphatic rings. The molecule has 74 heavy (non-hydrogen) atoms. The molecule has 2 aliphatic heterocycles. The van der Waals surface area contributed by atoms with Crippen LogP contribution in [-0.4, -0.2) is 117 Å². The molecule has 0 aliphatic carbocycles. The number of nitrogens with one attached hydrogen (secondary N) is 4. The van der Waals surface area contributed by atoms with Gasteiger partial charge in [0.1, 0.15) is 17.5 Å². The third kappa shape index (κ3) is 13.9. The maximum absolute atomic E-state index is 13.5. The highest BCUT2D eigenvalue weighted by Gasteiger charge is 2.44. The molecule has 5 N–H and O–H groups in total. The van der Waals surface area contributed by atoms with Gasteiger partial charge in [-0.2, -0.15) is 10.2 Å². The molecule has 0 radical (unpaired) electrons. The van der Waals surface area contributed by atoms with Gasteiger partial charge in [-0.15, -0.1) is 4.68 Å². The van der Waals surface area contributed by atoms with Crippen molar-refractivity contribution in [3.8, 4) is 0 Å². The summed E-state index contributed by atoms with van der Waals surface area (Å²) in [5, 5.41) is 29.2. The van der Waals surface area contributed by atoms with Crippen LogP contribution in [-0.2, 0) is 38.5 Å². The van der Waals surface area contributed by atoms with Crippen molar-refractivity contribution in [2.45, 2.75) is 83.5 Å². The van der Waals surface area contributed by atoms with Crippen LogP contribution in [0.5, 0.6) is 0 Å². The summed E-state index contributed by atoms with van der Waals surface area (Å²) in [6.07, 6.45) is -0.106. The zero-order valence-corrected chi connectivity index (χ0v) is 43.3. The maximum atomic E-state index is 13.5. The quantitative estimate of drug-likeness (QED) is 0.0656. The number of carbonyl (C=O) groups is 5. The molecule has 0 saturated heterocycles. The summed E-state index contributed by atoms with van der Waals surface area (Å²) >= 11 is 0. The van der Waals surface area contributed by atoms with Crippen LogP contribution in [0.4, 0.5) is 25.2 Å². The zero-order valence-electron chi connectivity index (χ0n) is 43.3. The average molecular weight is 1020 g/mol. The predicted octanol–water partition coefficient (Wildman–Crippen LogP) is 8.54. The van der Waals surface area contributed by atoms with E-state index in [4.69, 9.17) is 9.84 Å². The van der Waals surface area contributed by atoms with E-state index in [0.29, 0.717) is 36.6 Å². The molecule has 0 saturated carbocycles. The van der Waals surface area contributed by atoms with Gasteiger partial charge < -0.3 is 40.5 Å². The number of H-pyrrole nitrogens is 1. The molecule has 0 bridgehead atoms. The van der Waals surface area contributed by atoms with Crippen LogP contribution in [0.1, 0.15) is 114 Å².